The molecule has 2 saturated carbocycles. The van der Waals surface area contributed by atoms with Crippen molar-refractivity contribution in [2.24, 2.45) is 11.3 Å². The first kappa shape index (κ1) is 16.5. The Hall–Kier alpha value is -0.950. The number of carbonyl (C=O) groups is 1. The van der Waals surface area contributed by atoms with Crippen molar-refractivity contribution in [3.05, 3.63) is 12.7 Å². The van der Waals surface area contributed by atoms with E-state index >= 15 is 0 Å². The molecule has 134 valence electrons. The molecule has 6 heteroatoms. The van der Waals surface area contributed by atoms with E-state index in [1.165, 1.54) is 0 Å². The molecule has 2 aliphatic carbocycles. The first-order valence-corrected chi connectivity index (χ1v) is 8.98. The van der Waals surface area contributed by atoms with Gasteiger partial charge >= 0.3 is 5.97 Å². The number of aliphatic hydroxyl groups excluding tert-OH is 1. The van der Waals surface area contributed by atoms with E-state index in [9.17, 15) is 9.90 Å². The number of esters is 1. The maximum Gasteiger partial charge on any atom is 0.330 e. The highest BCUT2D eigenvalue weighted by Crippen LogP contribution is 2.45. The molecule has 0 amide bonds. The van der Waals surface area contributed by atoms with Crippen LogP contribution in [0.15, 0.2) is 12.7 Å². The summed E-state index contributed by atoms with van der Waals surface area (Å²) in [6.07, 6.45) is 5.98. The lowest BCUT2D eigenvalue weighted by Gasteiger charge is -2.47. The second-order valence-electron chi connectivity index (χ2n) is 7.77. The maximum atomic E-state index is 11.3. The quantitative estimate of drug-likeness (QED) is 0.478. The molecule has 0 radical (unpaired) electrons. The molecule has 4 fully saturated rings. The van der Waals surface area contributed by atoms with E-state index in [4.69, 9.17) is 18.9 Å². The molecular weight excluding hydrogens is 312 g/mol. The molecule has 4 aliphatic rings. The van der Waals surface area contributed by atoms with Crippen LogP contribution in [0.25, 0.3) is 0 Å². The molecule has 5 unspecified atom stereocenters. The lowest BCUT2D eigenvalue weighted by molar-refractivity contribution is -0.266. The molecule has 5 atom stereocenters. The summed E-state index contributed by atoms with van der Waals surface area (Å²) in [5.74, 6) is -0.0648. The molecule has 1 spiro atoms. The highest BCUT2D eigenvalue weighted by molar-refractivity contribution is 5.81. The normalized spacial score (nSPS) is 47.7. The Labute approximate surface area is 142 Å². The predicted molar refractivity (Wildman–Crippen MR) is 84.1 cm³/mol. The predicted octanol–water partition coefficient (Wildman–Crippen LogP) is 1.56. The van der Waals surface area contributed by atoms with Gasteiger partial charge in [-0.2, -0.15) is 0 Å². The van der Waals surface area contributed by atoms with Gasteiger partial charge in [-0.3, -0.25) is 0 Å². The number of ether oxygens (including phenoxy) is 4. The molecule has 4 rings (SSSR count). The SMILES string of the molecule is C=CC(=O)OC1CCC2(COC(C3CCC4OC4C3)OC2)CC1O. The van der Waals surface area contributed by atoms with Gasteiger partial charge in [0.05, 0.1) is 31.5 Å². The Morgan fingerprint density at radius 1 is 1.21 bits per heavy atom. The Balaban J connectivity index is 1.29. The average molecular weight is 338 g/mol. The molecule has 1 N–H and O–H groups in total. The van der Waals surface area contributed by atoms with Gasteiger partial charge in [0, 0.05) is 17.4 Å². The lowest BCUT2D eigenvalue weighted by Crippen LogP contribution is -2.51. The zero-order valence-electron chi connectivity index (χ0n) is 13.9. The van der Waals surface area contributed by atoms with Gasteiger partial charge in [-0.05, 0) is 38.5 Å². The van der Waals surface area contributed by atoms with Crippen molar-refractivity contribution >= 4 is 5.97 Å². The van der Waals surface area contributed by atoms with Crippen LogP contribution in [-0.2, 0) is 23.7 Å². The number of hydrogen-bond acceptors (Lipinski definition) is 6. The van der Waals surface area contributed by atoms with Crippen molar-refractivity contribution in [3.8, 4) is 0 Å². The molecule has 0 aromatic carbocycles. The third-order valence-corrected chi connectivity index (χ3v) is 6.00. The van der Waals surface area contributed by atoms with Crippen molar-refractivity contribution in [2.45, 2.75) is 69.2 Å². The fourth-order valence-corrected chi connectivity index (χ4v) is 4.48. The lowest BCUT2D eigenvalue weighted by atomic mass is 9.72. The van der Waals surface area contributed by atoms with E-state index in [2.05, 4.69) is 6.58 Å². The summed E-state index contributed by atoms with van der Waals surface area (Å²) in [7, 11) is 0. The van der Waals surface area contributed by atoms with E-state index in [1.807, 2.05) is 0 Å². The van der Waals surface area contributed by atoms with Gasteiger partial charge in [0.25, 0.3) is 0 Å². The van der Waals surface area contributed by atoms with Crippen LogP contribution in [0.2, 0.25) is 0 Å². The van der Waals surface area contributed by atoms with E-state index < -0.39 is 18.2 Å². The van der Waals surface area contributed by atoms with E-state index in [-0.39, 0.29) is 11.7 Å². The fraction of sp³-hybridized carbons (Fsp3) is 0.833. The molecular formula is C18H26O6. The summed E-state index contributed by atoms with van der Waals surface area (Å²) in [4.78, 5) is 11.3. The van der Waals surface area contributed by atoms with E-state index in [0.29, 0.717) is 44.2 Å². The third-order valence-electron chi connectivity index (χ3n) is 6.00. The Morgan fingerprint density at radius 3 is 2.67 bits per heavy atom. The van der Waals surface area contributed by atoms with Gasteiger partial charge in [0.15, 0.2) is 6.29 Å². The molecule has 2 heterocycles. The van der Waals surface area contributed by atoms with Crippen LogP contribution < -0.4 is 0 Å². The highest BCUT2D eigenvalue weighted by Gasteiger charge is 2.49. The zero-order chi connectivity index (χ0) is 16.7. The first-order chi connectivity index (χ1) is 11.6. The molecule has 6 nitrogen and oxygen atoms in total. The van der Waals surface area contributed by atoms with Crippen molar-refractivity contribution in [1.29, 1.82) is 0 Å². The van der Waals surface area contributed by atoms with E-state index in [0.717, 1.165) is 31.8 Å². The van der Waals surface area contributed by atoms with Crippen LogP contribution in [0.1, 0.15) is 38.5 Å². The number of rotatable bonds is 3. The summed E-state index contributed by atoms with van der Waals surface area (Å²) in [6, 6.07) is 0. The van der Waals surface area contributed by atoms with Crippen molar-refractivity contribution in [3.63, 3.8) is 0 Å². The maximum absolute atomic E-state index is 11.3. The third kappa shape index (κ3) is 3.25. The van der Waals surface area contributed by atoms with Crippen LogP contribution in [-0.4, -0.2) is 55.0 Å². The van der Waals surface area contributed by atoms with Crippen molar-refractivity contribution in [1.82, 2.24) is 0 Å². The van der Waals surface area contributed by atoms with Crippen molar-refractivity contribution < 1.29 is 28.8 Å². The topological polar surface area (TPSA) is 77.5 Å². The minimum Gasteiger partial charge on any atom is -0.456 e. The zero-order valence-corrected chi connectivity index (χ0v) is 13.9. The van der Waals surface area contributed by atoms with Gasteiger partial charge in [-0.1, -0.05) is 6.58 Å². The van der Waals surface area contributed by atoms with Crippen LogP contribution in [0.4, 0.5) is 0 Å². The number of carbonyl (C=O) groups excluding carboxylic acids is 1. The first-order valence-electron chi connectivity index (χ1n) is 8.98. The number of aliphatic hydroxyl groups is 1. The van der Waals surface area contributed by atoms with Crippen LogP contribution in [0.3, 0.4) is 0 Å². The van der Waals surface area contributed by atoms with Gasteiger partial charge in [-0.15, -0.1) is 0 Å². The highest BCUT2D eigenvalue weighted by atomic mass is 16.7. The van der Waals surface area contributed by atoms with Gasteiger partial charge in [0.2, 0.25) is 0 Å². The number of fused-ring (bicyclic) bond motifs is 1. The number of epoxide rings is 1. The smallest absolute Gasteiger partial charge is 0.330 e. The molecule has 2 aliphatic heterocycles. The monoisotopic (exact) mass is 338 g/mol. The molecule has 0 bridgehead atoms. The summed E-state index contributed by atoms with van der Waals surface area (Å²) in [6.45, 7) is 4.59. The largest absolute Gasteiger partial charge is 0.456 e. The summed E-state index contributed by atoms with van der Waals surface area (Å²) in [5, 5.41) is 10.3. The van der Waals surface area contributed by atoms with Gasteiger partial charge in [0.1, 0.15) is 6.10 Å². The molecule has 0 aromatic rings. The van der Waals surface area contributed by atoms with Crippen molar-refractivity contribution in [2.75, 3.05) is 13.2 Å². The minimum absolute atomic E-state index is 0.144. The Kier molecular flexibility index (Phi) is 4.41. The Bertz CT molecular complexity index is 498. The molecule has 24 heavy (non-hydrogen) atoms. The fourth-order valence-electron chi connectivity index (χ4n) is 4.48. The molecule has 0 aromatic heterocycles. The standard InChI is InChI=1S/C18H26O6/c1-2-16(20)24-13-5-6-18(8-12(13)19)9-21-17(22-10-18)11-3-4-14-15(7-11)23-14/h2,11-15,17,19H,1,3-10H2. The molecule has 2 saturated heterocycles. The average Bonchev–Trinajstić information content (AvgIpc) is 3.37. The van der Waals surface area contributed by atoms with Crippen LogP contribution in [0, 0.1) is 11.3 Å². The van der Waals surface area contributed by atoms with Gasteiger partial charge in [-0.25, -0.2) is 4.79 Å². The van der Waals surface area contributed by atoms with Crippen LogP contribution >= 0.6 is 0 Å². The summed E-state index contributed by atoms with van der Waals surface area (Å²) >= 11 is 0. The summed E-state index contributed by atoms with van der Waals surface area (Å²) in [5.41, 5.74) is -0.166. The second kappa shape index (κ2) is 6.41. The second-order valence-corrected chi connectivity index (χ2v) is 7.77. The number of hydrogen-bond donors (Lipinski definition) is 1. The van der Waals surface area contributed by atoms with Gasteiger partial charge < -0.3 is 24.1 Å². The van der Waals surface area contributed by atoms with E-state index in [1.54, 1.807) is 0 Å². The summed E-state index contributed by atoms with van der Waals surface area (Å²) < 4.78 is 22.9. The minimum atomic E-state index is -0.679. The van der Waals surface area contributed by atoms with Crippen LogP contribution in [0.5, 0.6) is 0 Å². The Morgan fingerprint density at radius 2 is 2.00 bits per heavy atom.